The summed E-state index contributed by atoms with van der Waals surface area (Å²) in [7, 11) is 1.79. The predicted molar refractivity (Wildman–Crippen MR) is 77.5 cm³/mol. The molecule has 0 aliphatic heterocycles. The second-order valence-electron chi connectivity index (χ2n) is 5.57. The largest absolute Gasteiger partial charge is 0.378 e. The van der Waals surface area contributed by atoms with Crippen molar-refractivity contribution in [2.45, 2.75) is 64.1 Å². The van der Waals surface area contributed by atoms with Gasteiger partial charge in [-0.1, -0.05) is 11.6 Å². The summed E-state index contributed by atoms with van der Waals surface area (Å²) < 4.78 is 7.59. The van der Waals surface area contributed by atoms with Gasteiger partial charge in [-0.2, -0.15) is 5.10 Å². The van der Waals surface area contributed by atoms with Crippen LogP contribution in [0, 0.1) is 6.92 Å². The zero-order valence-corrected chi connectivity index (χ0v) is 12.8. The van der Waals surface area contributed by atoms with Crippen LogP contribution < -0.4 is 5.73 Å². The molecule has 108 valence electrons. The molecule has 1 saturated carbocycles. The van der Waals surface area contributed by atoms with Gasteiger partial charge in [-0.25, -0.2) is 0 Å². The number of nitrogens with zero attached hydrogens (tertiary/aromatic N) is 2. The fourth-order valence-electron chi connectivity index (χ4n) is 2.93. The minimum atomic E-state index is 0.0119. The predicted octanol–water partition coefficient (Wildman–Crippen LogP) is 2.69. The van der Waals surface area contributed by atoms with Crippen LogP contribution in [0.5, 0.6) is 0 Å². The summed E-state index contributed by atoms with van der Waals surface area (Å²) in [6, 6.07) is 0.0687. The van der Waals surface area contributed by atoms with Crippen molar-refractivity contribution in [2.75, 3.05) is 7.11 Å². The zero-order valence-electron chi connectivity index (χ0n) is 12.1. The number of ether oxygens (including phenoxy) is 1. The maximum Gasteiger partial charge on any atom is 0.0847 e. The van der Waals surface area contributed by atoms with Gasteiger partial charge in [0.2, 0.25) is 0 Å². The quantitative estimate of drug-likeness (QED) is 0.874. The fourth-order valence-corrected chi connectivity index (χ4v) is 3.14. The highest BCUT2D eigenvalue weighted by atomic mass is 35.5. The van der Waals surface area contributed by atoms with E-state index in [9.17, 15) is 0 Å². The molecule has 1 unspecified atom stereocenters. The lowest BCUT2D eigenvalue weighted by molar-refractivity contribution is -0.0814. The molecule has 1 aromatic rings. The van der Waals surface area contributed by atoms with Crippen LogP contribution in [0.1, 0.15) is 44.0 Å². The number of aryl methyl sites for hydroxylation is 2. The molecule has 0 bridgehead atoms. The standard InChI is InChI=1S/C14H24ClN3O/c1-4-18-12(13(15)10(2)17-18)8-11(16)9-14(19-3)6-5-7-14/h11H,4-9,16H2,1-3H3. The number of hydrogen-bond donors (Lipinski definition) is 1. The Kier molecular flexibility index (Phi) is 4.54. The number of hydrogen-bond acceptors (Lipinski definition) is 3. The third-order valence-corrected chi connectivity index (χ3v) is 4.73. The molecule has 0 radical (unpaired) electrons. The summed E-state index contributed by atoms with van der Waals surface area (Å²) in [6.45, 7) is 4.83. The van der Waals surface area contributed by atoms with Crippen molar-refractivity contribution < 1.29 is 4.74 Å². The van der Waals surface area contributed by atoms with Crippen molar-refractivity contribution in [3.8, 4) is 0 Å². The van der Waals surface area contributed by atoms with Crippen molar-refractivity contribution in [2.24, 2.45) is 5.73 Å². The molecule has 0 saturated heterocycles. The molecule has 4 nitrogen and oxygen atoms in total. The van der Waals surface area contributed by atoms with E-state index in [2.05, 4.69) is 12.0 Å². The minimum absolute atomic E-state index is 0.0119. The topological polar surface area (TPSA) is 53.1 Å². The average Bonchev–Trinajstić information content (AvgIpc) is 2.61. The molecule has 1 aromatic heterocycles. The maximum absolute atomic E-state index is 6.32. The van der Waals surface area contributed by atoms with Gasteiger partial charge >= 0.3 is 0 Å². The summed E-state index contributed by atoms with van der Waals surface area (Å²) >= 11 is 6.32. The first-order chi connectivity index (χ1) is 9.01. The van der Waals surface area contributed by atoms with Crippen LogP contribution in [0.3, 0.4) is 0 Å². The van der Waals surface area contributed by atoms with Crippen LogP contribution >= 0.6 is 11.6 Å². The molecular formula is C14H24ClN3O. The molecule has 5 heteroatoms. The average molecular weight is 286 g/mol. The molecule has 2 rings (SSSR count). The molecule has 19 heavy (non-hydrogen) atoms. The van der Waals surface area contributed by atoms with E-state index >= 15 is 0 Å². The van der Waals surface area contributed by atoms with E-state index in [1.807, 2.05) is 11.6 Å². The Morgan fingerprint density at radius 2 is 2.21 bits per heavy atom. The summed E-state index contributed by atoms with van der Waals surface area (Å²) in [5.41, 5.74) is 8.25. The SMILES string of the molecule is CCn1nc(C)c(Cl)c1CC(N)CC1(OC)CCC1. The third-order valence-electron chi connectivity index (χ3n) is 4.24. The van der Waals surface area contributed by atoms with Crippen molar-refractivity contribution >= 4 is 11.6 Å². The first kappa shape index (κ1) is 14.8. The second-order valence-corrected chi connectivity index (χ2v) is 5.95. The lowest BCUT2D eigenvalue weighted by Crippen LogP contribution is -2.45. The normalized spacial score (nSPS) is 19.2. The molecule has 2 N–H and O–H groups in total. The molecule has 1 atom stereocenters. The Morgan fingerprint density at radius 3 is 2.68 bits per heavy atom. The lowest BCUT2D eigenvalue weighted by Gasteiger charge is -2.42. The molecule has 1 aliphatic rings. The fraction of sp³-hybridized carbons (Fsp3) is 0.786. The van der Waals surface area contributed by atoms with Crippen molar-refractivity contribution in [3.63, 3.8) is 0 Å². The monoisotopic (exact) mass is 285 g/mol. The molecule has 1 fully saturated rings. The van der Waals surface area contributed by atoms with Gasteiger partial charge in [0.1, 0.15) is 0 Å². The summed E-state index contributed by atoms with van der Waals surface area (Å²) in [5, 5.41) is 5.19. The van der Waals surface area contributed by atoms with Gasteiger partial charge in [0, 0.05) is 26.1 Å². The van der Waals surface area contributed by atoms with Crippen LogP contribution in [-0.2, 0) is 17.7 Å². The summed E-state index contributed by atoms with van der Waals surface area (Å²) in [4.78, 5) is 0. The Morgan fingerprint density at radius 1 is 1.53 bits per heavy atom. The van der Waals surface area contributed by atoms with Gasteiger partial charge in [-0.3, -0.25) is 4.68 Å². The maximum atomic E-state index is 6.32. The molecule has 0 spiro atoms. The first-order valence-electron chi connectivity index (χ1n) is 7.04. The van der Waals surface area contributed by atoms with Crippen LogP contribution in [0.2, 0.25) is 5.02 Å². The number of nitrogens with two attached hydrogens (primary N) is 1. The summed E-state index contributed by atoms with van der Waals surface area (Å²) in [5.74, 6) is 0. The highest BCUT2D eigenvalue weighted by molar-refractivity contribution is 6.31. The van der Waals surface area contributed by atoms with Gasteiger partial charge in [0.05, 0.1) is 22.0 Å². The van der Waals surface area contributed by atoms with Gasteiger partial charge in [0.15, 0.2) is 0 Å². The number of methoxy groups -OCH3 is 1. The van der Waals surface area contributed by atoms with Crippen LogP contribution in [-0.4, -0.2) is 28.5 Å². The van der Waals surface area contributed by atoms with Gasteiger partial charge in [-0.05, 0) is 39.5 Å². The van der Waals surface area contributed by atoms with Crippen molar-refractivity contribution in [3.05, 3.63) is 16.4 Å². The van der Waals surface area contributed by atoms with E-state index in [1.54, 1.807) is 7.11 Å². The Hall–Kier alpha value is -0.580. The Balaban J connectivity index is 2.04. The van der Waals surface area contributed by atoms with E-state index in [1.165, 1.54) is 6.42 Å². The highest BCUT2D eigenvalue weighted by Crippen LogP contribution is 2.39. The van der Waals surface area contributed by atoms with Crippen LogP contribution in [0.15, 0.2) is 0 Å². The van der Waals surface area contributed by atoms with Crippen molar-refractivity contribution in [1.29, 1.82) is 0 Å². The minimum Gasteiger partial charge on any atom is -0.378 e. The third kappa shape index (κ3) is 2.96. The molecule has 1 heterocycles. The number of rotatable bonds is 6. The van der Waals surface area contributed by atoms with E-state index in [-0.39, 0.29) is 11.6 Å². The second kappa shape index (κ2) is 5.81. The Bertz CT molecular complexity index is 435. The van der Waals surface area contributed by atoms with E-state index in [0.29, 0.717) is 0 Å². The van der Waals surface area contributed by atoms with Crippen LogP contribution in [0.4, 0.5) is 0 Å². The van der Waals surface area contributed by atoms with E-state index < -0.39 is 0 Å². The zero-order chi connectivity index (χ0) is 14.0. The van der Waals surface area contributed by atoms with Crippen molar-refractivity contribution in [1.82, 2.24) is 9.78 Å². The molecule has 0 aromatic carbocycles. The van der Waals surface area contributed by atoms with Gasteiger partial charge in [-0.15, -0.1) is 0 Å². The van der Waals surface area contributed by atoms with E-state index in [4.69, 9.17) is 22.1 Å². The van der Waals surface area contributed by atoms with Crippen LogP contribution in [0.25, 0.3) is 0 Å². The number of aromatic nitrogens is 2. The van der Waals surface area contributed by atoms with Gasteiger partial charge < -0.3 is 10.5 Å². The van der Waals surface area contributed by atoms with Gasteiger partial charge in [0.25, 0.3) is 0 Å². The Labute approximate surface area is 120 Å². The van der Waals surface area contributed by atoms with E-state index in [0.717, 1.165) is 48.6 Å². The molecule has 1 aliphatic carbocycles. The lowest BCUT2D eigenvalue weighted by atomic mass is 9.75. The smallest absolute Gasteiger partial charge is 0.0847 e. The summed E-state index contributed by atoms with van der Waals surface area (Å²) in [6.07, 6.45) is 5.15. The molecule has 0 amide bonds. The number of halogens is 1. The molecular weight excluding hydrogens is 262 g/mol. The first-order valence-corrected chi connectivity index (χ1v) is 7.41. The highest BCUT2D eigenvalue weighted by Gasteiger charge is 2.38.